The second-order valence-electron chi connectivity index (χ2n) is 4.39. The average Bonchev–Trinajstić information content (AvgIpc) is 2.41. The number of benzene rings is 2. The Kier molecular flexibility index (Phi) is 4.49. The van der Waals surface area contributed by atoms with Crippen LogP contribution in [0.25, 0.3) is 0 Å². The molecule has 0 atom stereocenters. The second-order valence-corrected chi connectivity index (χ2v) is 5.31. The van der Waals surface area contributed by atoms with E-state index in [2.05, 4.69) is 15.9 Å². The van der Waals surface area contributed by atoms with Gasteiger partial charge in [0.05, 0.1) is 5.56 Å². The maximum atomic E-state index is 13.6. The fourth-order valence-electron chi connectivity index (χ4n) is 1.86. The first-order valence-electron chi connectivity index (χ1n) is 5.93. The number of rotatable bonds is 3. The normalized spacial score (nSPS) is 10.4. The van der Waals surface area contributed by atoms with Crippen LogP contribution in [0.15, 0.2) is 46.9 Å². The molecule has 0 N–H and O–H groups in total. The van der Waals surface area contributed by atoms with Crippen LogP contribution < -0.4 is 0 Å². The molecule has 0 heterocycles. The van der Waals surface area contributed by atoms with E-state index >= 15 is 0 Å². The highest BCUT2D eigenvalue weighted by molar-refractivity contribution is 9.10. The van der Waals surface area contributed by atoms with Crippen molar-refractivity contribution < 1.29 is 13.6 Å². The first-order chi connectivity index (χ1) is 9.49. The van der Waals surface area contributed by atoms with Crippen LogP contribution in [0.2, 0.25) is 0 Å². The highest BCUT2D eigenvalue weighted by Crippen LogP contribution is 2.16. The van der Waals surface area contributed by atoms with Gasteiger partial charge in [-0.3, -0.25) is 4.79 Å². The number of halogens is 3. The van der Waals surface area contributed by atoms with Gasteiger partial charge in [-0.1, -0.05) is 34.1 Å². The van der Waals surface area contributed by atoms with E-state index in [1.54, 1.807) is 7.05 Å². The van der Waals surface area contributed by atoms with Gasteiger partial charge in [0.15, 0.2) is 11.6 Å². The summed E-state index contributed by atoms with van der Waals surface area (Å²) in [7, 11) is 1.55. The Labute approximate surface area is 124 Å². The third kappa shape index (κ3) is 3.22. The van der Waals surface area contributed by atoms with Gasteiger partial charge in [0.1, 0.15) is 0 Å². The average molecular weight is 340 g/mol. The first kappa shape index (κ1) is 14.7. The summed E-state index contributed by atoms with van der Waals surface area (Å²) in [5.41, 5.74) is 0.634. The summed E-state index contributed by atoms with van der Waals surface area (Å²) in [5.74, 6) is -2.69. The highest BCUT2D eigenvalue weighted by atomic mass is 79.9. The van der Waals surface area contributed by atoms with Crippen LogP contribution in [-0.4, -0.2) is 17.9 Å². The van der Waals surface area contributed by atoms with E-state index in [-0.39, 0.29) is 5.56 Å². The van der Waals surface area contributed by atoms with Gasteiger partial charge >= 0.3 is 0 Å². The molecule has 0 radical (unpaired) electrons. The standard InChI is InChI=1S/C15H12BrF2NO/c1-19(9-10-4-2-5-11(16)8-10)15(20)12-6-3-7-13(17)14(12)18/h2-8H,9H2,1H3. The van der Waals surface area contributed by atoms with Crippen molar-refractivity contribution >= 4 is 21.8 Å². The molecule has 0 bridgehead atoms. The van der Waals surface area contributed by atoms with Gasteiger partial charge in [0.25, 0.3) is 5.91 Å². The van der Waals surface area contributed by atoms with Crippen LogP contribution in [0.5, 0.6) is 0 Å². The number of nitrogens with zero attached hydrogens (tertiary/aromatic N) is 1. The fraction of sp³-hybridized carbons (Fsp3) is 0.133. The summed E-state index contributed by atoms with van der Waals surface area (Å²) in [4.78, 5) is 13.5. The van der Waals surface area contributed by atoms with Crippen molar-refractivity contribution in [3.8, 4) is 0 Å². The van der Waals surface area contributed by atoms with Gasteiger partial charge in [-0.25, -0.2) is 8.78 Å². The van der Waals surface area contributed by atoms with Crippen molar-refractivity contribution in [1.29, 1.82) is 0 Å². The lowest BCUT2D eigenvalue weighted by Gasteiger charge is -2.18. The minimum absolute atomic E-state index is 0.262. The number of carbonyl (C=O) groups excluding carboxylic acids is 1. The van der Waals surface area contributed by atoms with Gasteiger partial charge in [-0.15, -0.1) is 0 Å². The van der Waals surface area contributed by atoms with Crippen molar-refractivity contribution in [2.45, 2.75) is 6.54 Å². The summed E-state index contributed by atoms with van der Waals surface area (Å²) in [6.07, 6.45) is 0. The minimum Gasteiger partial charge on any atom is -0.337 e. The van der Waals surface area contributed by atoms with E-state index in [1.165, 1.54) is 17.0 Å². The number of carbonyl (C=O) groups is 1. The monoisotopic (exact) mass is 339 g/mol. The van der Waals surface area contributed by atoms with Crippen LogP contribution in [0, 0.1) is 11.6 Å². The maximum absolute atomic E-state index is 13.6. The molecule has 0 fully saturated rings. The van der Waals surface area contributed by atoms with Crippen LogP contribution in [-0.2, 0) is 6.54 Å². The Morgan fingerprint density at radius 3 is 2.60 bits per heavy atom. The molecule has 104 valence electrons. The Hall–Kier alpha value is -1.75. The maximum Gasteiger partial charge on any atom is 0.256 e. The molecule has 0 saturated carbocycles. The quantitative estimate of drug-likeness (QED) is 0.827. The minimum atomic E-state index is -1.11. The predicted octanol–water partition coefficient (Wildman–Crippen LogP) is 4.00. The lowest BCUT2D eigenvalue weighted by molar-refractivity contribution is 0.0779. The molecular weight excluding hydrogens is 328 g/mol. The van der Waals surface area contributed by atoms with Gasteiger partial charge < -0.3 is 4.90 Å². The van der Waals surface area contributed by atoms with Crippen molar-refractivity contribution in [1.82, 2.24) is 4.90 Å². The van der Waals surface area contributed by atoms with E-state index in [9.17, 15) is 13.6 Å². The predicted molar refractivity (Wildman–Crippen MR) is 76.3 cm³/mol. The molecular formula is C15H12BrF2NO. The lowest BCUT2D eigenvalue weighted by atomic mass is 10.1. The van der Waals surface area contributed by atoms with Crippen LogP contribution in [0.1, 0.15) is 15.9 Å². The molecule has 0 saturated heterocycles. The van der Waals surface area contributed by atoms with Crippen LogP contribution in [0.3, 0.4) is 0 Å². The molecule has 0 spiro atoms. The zero-order valence-corrected chi connectivity index (χ0v) is 12.3. The molecule has 0 unspecified atom stereocenters. The lowest BCUT2D eigenvalue weighted by Crippen LogP contribution is -2.27. The molecule has 5 heteroatoms. The summed E-state index contributed by atoms with van der Waals surface area (Å²) in [6, 6.07) is 11.0. The summed E-state index contributed by atoms with van der Waals surface area (Å²) >= 11 is 3.34. The summed E-state index contributed by atoms with van der Waals surface area (Å²) < 4.78 is 27.6. The van der Waals surface area contributed by atoms with Crippen molar-refractivity contribution in [3.63, 3.8) is 0 Å². The van der Waals surface area contributed by atoms with Crippen molar-refractivity contribution in [3.05, 3.63) is 69.7 Å². The molecule has 0 aliphatic carbocycles. The van der Waals surface area contributed by atoms with Crippen molar-refractivity contribution in [2.24, 2.45) is 0 Å². The molecule has 0 aliphatic rings. The van der Waals surface area contributed by atoms with Gasteiger partial charge in [0, 0.05) is 18.1 Å². The van der Waals surface area contributed by atoms with E-state index < -0.39 is 17.5 Å². The first-order valence-corrected chi connectivity index (χ1v) is 6.72. The zero-order valence-electron chi connectivity index (χ0n) is 10.7. The zero-order chi connectivity index (χ0) is 14.7. The molecule has 2 aromatic carbocycles. The van der Waals surface area contributed by atoms with E-state index in [0.29, 0.717) is 6.54 Å². The molecule has 2 rings (SSSR count). The van der Waals surface area contributed by atoms with E-state index in [0.717, 1.165) is 16.1 Å². The highest BCUT2D eigenvalue weighted by Gasteiger charge is 2.18. The molecule has 2 nitrogen and oxygen atoms in total. The molecule has 0 aliphatic heterocycles. The third-order valence-electron chi connectivity index (χ3n) is 2.84. The summed E-state index contributed by atoms with van der Waals surface area (Å²) in [6.45, 7) is 0.314. The smallest absolute Gasteiger partial charge is 0.256 e. The Bertz CT molecular complexity index is 646. The van der Waals surface area contributed by atoms with Crippen molar-refractivity contribution in [2.75, 3.05) is 7.05 Å². The topological polar surface area (TPSA) is 20.3 Å². The number of amides is 1. The van der Waals surface area contributed by atoms with Gasteiger partial charge in [-0.05, 0) is 29.8 Å². The Balaban J connectivity index is 2.19. The fourth-order valence-corrected chi connectivity index (χ4v) is 2.30. The molecule has 1 amide bonds. The third-order valence-corrected chi connectivity index (χ3v) is 3.33. The Morgan fingerprint density at radius 1 is 1.20 bits per heavy atom. The van der Waals surface area contributed by atoms with E-state index in [1.807, 2.05) is 24.3 Å². The Morgan fingerprint density at radius 2 is 1.90 bits per heavy atom. The number of hydrogen-bond donors (Lipinski definition) is 0. The molecule has 0 aromatic heterocycles. The largest absolute Gasteiger partial charge is 0.337 e. The van der Waals surface area contributed by atoms with E-state index in [4.69, 9.17) is 0 Å². The second kappa shape index (κ2) is 6.13. The van der Waals surface area contributed by atoms with Crippen LogP contribution in [0.4, 0.5) is 8.78 Å². The molecule has 20 heavy (non-hydrogen) atoms. The number of hydrogen-bond acceptors (Lipinski definition) is 1. The van der Waals surface area contributed by atoms with Gasteiger partial charge in [0.2, 0.25) is 0 Å². The van der Waals surface area contributed by atoms with Gasteiger partial charge in [-0.2, -0.15) is 0 Å². The molecule has 2 aromatic rings. The SMILES string of the molecule is CN(Cc1cccc(Br)c1)C(=O)c1cccc(F)c1F. The summed E-state index contributed by atoms with van der Waals surface area (Å²) in [5, 5.41) is 0. The van der Waals surface area contributed by atoms with Crippen LogP contribution >= 0.6 is 15.9 Å².